The lowest BCUT2D eigenvalue weighted by atomic mass is 9.66. The molecule has 0 saturated carbocycles. The van der Waals surface area contributed by atoms with Gasteiger partial charge in [0.2, 0.25) is 5.12 Å². The van der Waals surface area contributed by atoms with Gasteiger partial charge < -0.3 is 4.42 Å². The Labute approximate surface area is 130 Å². The number of thioether (sulfide) groups is 1. The average molecular weight is 306 g/mol. The first kappa shape index (κ1) is 16.1. The van der Waals surface area contributed by atoms with Crippen LogP contribution in [0.3, 0.4) is 0 Å². The second-order valence-electron chi connectivity index (χ2n) is 6.10. The number of hydrogen-bond acceptors (Lipinski definition) is 4. The highest BCUT2D eigenvalue weighted by Crippen LogP contribution is 2.44. The van der Waals surface area contributed by atoms with Crippen molar-refractivity contribution in [2.24, 2.45) is 11.3 Å². The summed E-state index contributed by atoms with van der Waals surface area (Å²) in [6.45, 7) is 6.27. The fraction of sp³-hybridized carbons (Fsp3) is 0.529. The number of furan rings is 1. The van der Waals surface area contributed by atoms with Gasteiger partial charge in [0.15, 0.2) is 5.78 Å². The Morgan fingerprint density at radius 3 is 2.81 bits per heavy atom. The molecule has 0 bridgehead atoms. The summed E-state index contributed by atoms with van der Waals surface area (Å²) in [6, 6.07) is 1.68. The molecule has 0 aliphatic heterocycles. The van der Waals surface area contributed by atoms with Crippen molar-refractivity contribution in [3.63, 3.8) is 0 Å². The number of carbonyl (C=O) groups excluding carboxylic acids is 2. The predicted octanol–water partition coefficient (Wildman–Crippen LogP) is 4.49. The first-order valence-corrected chi connectivity index (χ1v) is 8.37. The lowest BCUT2D eigenvalue weighted by Crippen LogP contribution is -2.33. The third-order valence-corrected chi connectivity index (χ3v) is 5.00. The van der Waals surface area contributed by atoms with E-state index >= 15 is 0 Å². The molecule has 0 amide bonds. The second kappa shape index (κ2) is 6.65. The van der Waals surface area contributed by atoms with E-state index < -0.39 is 0 Å². The van der Waals surface area contributed by atoms with Gasteiger partial charge in [0, 0.05) is 17.9 Å². The van der Waals surface area contributed by atoms with Gasteiger partial charge in [-0.25, -0.2) is 0 Å². The van der Waals surface area contributed by atoms with E-state index in [2.05, 4.69) is 13.8 Å². The van der Waals surface area contributed by atoms with Crippen LogP contribution < -0.4 is 0 Å². The van der Waals surface area contributed by atoms with E-state index in [1.165, 1.54) is 24.3 Å². The molecule has 1 aliphatic carbocycles. The smallest absolute Gasteiger partial charge is 0.215 e. The lowest BCUT2D eigenvalue weighted by molar-refractivity contribution is -0.108. The van der Waals surface area contributed by atoms with Crippen molar-refractivity contribution in [2.45, 2.75) is 40.0 Å². The van der Waals surface area contributed by atoms with Gasteiger partial charge in [-0.3, -0.25) is 9.59 Å². The largest absolute Gasteiger partial charge is 0.472 e. The third kappa shape index (κ3) is 3.67. The molecule has 1 atom stereocenters. The zero-order valence-corrected chi connectivity index (χ0v) is 13.7. The van der Waals surface area contributed by atoms with Gasteiger partial charge in [-0.15, -0.1) is 0 Å². The molecule has 0 saturated heterocycles. The number of allylic oxidation sites excluding steroid dienone is 1. The van der Waals surface area contributed by atoms with Crippen molar-refractivity contribution in [3.8, 4) is 0 Å². The van der Waals surface area contributed by atoms with Crippen LogP contribution in [0.15, 0.2) is 34.7 Å². The first-order valence-electron chi connectivity index (χ1n) is 7.38. The van der Waals surface area contributed by atoms with Crippen LogP contribution in [0.2, 0.25) is 0 Å². The Morgan fingerprint density at radius 2 is 2.19 bits per heavy atom. The van der Waals surface area contributed by atoms with Crippen LogP contribution in [0.1, 0.15) is 50.4 Å². The maximum Gasteiger partial charge on any atom is 0.215 e. The minimum absolute atomic E-state index is 0.0137. The Morgan fingerprint density at radius 1 is 1.43 bits per heavy atom. The average Bonchev–Trinajstić information content (AvgIpc) is 2.95. The van der Waals surface area contributed by atoms with E-state index in [-0.39, 0.29) is 22.2 Å². The van der Waals surface area contributed by atoms with Crippen molar-refractivity contribution in [3.05, 3.63) is 35.8 Å². The normalized spacial score (nSPS) is 20.9. The second-order valence-corrected chi connectivity index (χ2v) is 7.34. The monoisotopic (exact) mass is 306 g/mol. The van der Waals surface area contributed by atoms with Gasteiger partial charge in [0.25, 0.3) is 0 Å². The predicted molar refractivity (Wildman–Crippen MR) is 85.4 cm³/mol. The molecule has 1 aliphatic rings. The van der Waals surface area contributed by atoms with Crippen molar-refractivity contribution in [1.29, 1.82) is 0 Å². The summed E-state index contributed by atoms with van der Waals surface area (Å²) in [5.74, 6) is 0.794. The minimum atomic E-state index is -0.0343. The zero-order chi connectivity index (χ0) is 15.5. The van der Waals surface area contributed by atoms with Crippen molar-refractivity contribution in [2.75, 3.05) is 5.75 Å². The van der Waals surface area contributed by atoms with Crippen LogP contribution in [-0.4, -0.2) is 16.7 Å². The highest BCUT2D eigenvalue weighted by Gasteiger charge is 2.38. The maximum absolute atomic E-state index is 12.4. The highest BCUT2D eigenvalue weighted by molar-refractivity contribution is 8.14. The molecule has 4 heteroatoms. The Kier molecular flexibility index (Phi) is 5.09. The molecule has 1 aromatic rings. The number of hydrogen-bond donors (Lipinski definition) is 0. The molecule has 0 fully saturated rings. The molecule has 1 heterocycles. The summed E-state index contributed by atoms with van der Waals surface area (Å²) in [4.78, 5) is 24.7. The van der Waals surface area contributed by atoms with E-state index in [0.29, 0.717) is 12.0 Å². The molecule has 21 heavy (non-hydrogen) atoms. The summed E-state index contributed by atoms with van der Waals surface area (Å²) in [5.41, 5.74) is 1.38. The maximum atomic E-state index is 12.4. The summed E-state index contributed by atoms with van der Waals surface area (Å²) >= 11 is 1.33. The topological polar surface area (TPSA) is 47.3 Å². The van der Waals surface area contributed by atoms with Crippen LogP contribution in [-0.2, 0) is 4.79 Å². The number of rotatable bonds is 5. The number of Topliss-reactive ketones (excluding diaryl/α,β-unsaturated/α-hetero) is 1. The molecule has 114 valence electrons. The van der Waals surface area contributed by atoms with Crippen molar-refractivity contribution in [1.82, 2.24) is 0 Å². The quantitative estimate of drug-likeness (QED) is 0.752. The molecular weight excluding hydrogens is 284 g/mol. The highest BCUT2D eigenvalue weighted by atomic mass is 32.2. The van der Waals surface area contributed by atoms with Crippen LogP contribution >= 0.6 is 11.8 Å². The Bertz CT molecular complexity index is 540. The molecule has 0 N–H and O–H groups in total. The summed E-state index contributed by atoms with van der Waals surface area (Å²) in [7, 11) is 0. The standard InChI is InChI=1S/C17H22O3S/c1-4-21-16(19)13-6-5-8-17(2,3)14(13)10-15(18)12-7-9-20-11-12/h6-7,9,11,14H,4-5,8,10H2,1-3H3. The van der Waals surface area contributed by atoms with Gasteiger partial charge in [0.05, 0.1) is 11.8 Å². The Hall–Kier alpha value is -1.29. The van der Waals surface area contributed by atoms with E-state index in [1.807, 2.05) is 13.0 Å². The molecule has 3 nitrogen and oxygen atoms in total. The fourth-order valence-electron chi connectivity index (χ4n) is 2.89. The van der Waals surface area contributed by atoms with Crippen molar-refractivity contribution >= 4 is 22.7 Å². The summed E-state index contributed by atoms with van der Waals surface area (Å²) < 4.78 is 4.98. The van der Waals surface area contributed by atoms with E-state index in [0.717, 1.165) is 24.2 Å². The molecule has 0 aromatic carbocycles. The van der Waals surface area contributed by atoms with Crippen LogP contribution in [0, 0.1) is 11.3 Å². The van der Waals surface area contributed by atoms with Crippen LogP contribution in [0.4, 0.5) is 0 Å². The molecular formula is C17H22O3S. The number of ketones is 1. The summed E-state index contributed by atoms with van der Waals surface area (Å²) in [6.07, 6.45) is 7.30. The molecule has 1 aromatic heterocycles. The van der Waals surface area contributed by atoms with Gasteiger partial charge in [-0.1, -0.05) is 38.6 Å². The van der Waals surface area contributed by atoms with Gasteiger partial charge >= 0.3 is 0 Å². The fourth-order valence-corrected chi connectivity index (χ4v) is 3.54. The van der Waals surface area contributed by atoms with E-state index in [4.69, 9.17) is 4.42 Å². The first-order chi connectivity index (χ1) is 9.95. The van der Waals surface area contributed by atoms with Crippen molar-refractivity contribution < 1.29 is 14.0 Å². The van der Waals surface area contributed by atoms with E-state index in [1.54, 1.807) is 6.07 Å². The van der Waals surface area contributed by atoms with Crippen LogP contribution in [0.25, 0.3) is 0 Å². The molecule has 2 rings (SSSR count). The molecule has 1 unspecified atom stereocenters. The lowest BCUT2D eigenvalue weighted by Gasteiger charge is -2.38. The van der Waals surface area contributed by atoms with Gasteiger partial charge in [-0.2, -0.15) is 0 Å². The minimum Gasteiger partial charge on any atom is -0.472 e. The molecule has 0 spiro atoms. The Balaban J connectivity index is 2.22. The number of carbonyl (C=O) groups is 2. The summed E-state index contributed by atoms with van der Waals surface area (Å²) in [5, 5.41) is 0.121. The molecule has 0 radical (unpaired) electrons. The van der Waals surface area contributed by atoms with Gasteiger partial charge in [-0.05, 0) is 30.1 Å². The SMILES string of the molecule is CCSC(=O)C1=CCCC(C)(C)C1CC(=O)c1ccoc1. The zero-order valence-electron chi connectivity index (χ0n) is 12.8. The van der Waals surface area contributed by atoms with Gasteiger partial charge in [0.1, 0.15) is 6.26 Å². The third-order valence-electron chi connectivity index (χ3n) is 4.22. The van der Waals surface area contributed by atoms with Crippen LogP contribution in [0.5, 0.6) is 0 Å². The van der Waals surface area contributed by atoms with E-state index in [9.17, 15) is 9.59 Å².